The minimum atomic E-state index is -0.519. The number of hydrogen-bond acceptors (Lipinski definition) is 3. The Morgan fingerprint density at radius 2 is 2.04 bits per heavy atom. The van der Waals surface area contributed by atoms with E-state index in [2.05, 4.69) is 11.4 Å². The molecule has 0 saturated carbocycles. The average Bonchev–Trinajstić information content (AvgIpc) is 3.01. The van der Waals surface area contributed by atoms with Crippen molar-refractivity contribution in [2.75, 3.05) is 5.32 Å². The molecule has 132 valence electrons. The van der Waals surface area contributed by atoms with Gasteiger partial charge in [0.25, 0.3) is 5.91 Å². The second-order valence-corrected chi connectivity index (χ2v) is 6.38. The highest BCUT2D eigenvalue weighted by Gasteiger charge is 2.13. The number of rotatable bonds is 4. The molecule has 1 amide bonds. The Morgan fingerprint density at radius 3 is 2.74 bits per heavy atom. The normalized spacial score (nSPS) is 11.0. The summed E-state index contributed by atoms with van der Waals surface area (Å²) in [6.45, 7) is 2.05. The molecular formula is C21H15ClN4O. The van der Waals surface area contributed by atoms with Crippen molar-refractivity contribution in [3.05, 3.63) is 70.4 Å². The van der Waals surface area contributed by atoms with Crippen LogP contribution in [0.3, 0.4) is 0 Å². The van der Waals surface area contributed by atoms with Crippen molar-refractivity contribution in [2.45, 2.75) is 13.5 Å². The van der Waals surface area contributed by atoms with Gasteiger partial charge in [-0.25, -0.2) is 0 Å². The van der Waals surface area contributed by atoms with Crippen LogP contribution in [0.2, 0.25) is 5.02 Å². The fraction of sp³-hybridized carbons (Fsp3) is 0.0952. The van der Waals surface area contributed by atoms with Gasteiger partial charge in [0, 0.05) is 33.4 Å². The van der Waals surface area contributed by atoms with E-state index in [4.69, 9.17) is 16.9 Å². The largest absolute Gasteiger partial charge is 0.333 e. The number of anilines is 1. The highest BCUT2D eigenvalue weighted by atomic mass is 35.5. The standard InChI is InChI=1S/C21H15ClN4O/c1-14-6-7-17(11-19(14)22)25-21(27)15(12-24)10-16-13-26(9-8-23)20-5-3-2-4-18(16)20/h2-7,10-11,13H,9H2,1H3,(H,25,27)/b15-10-. The van der Waals surface area contributed by atoms with Crippen LogP contribution >= 0.6 is 11.6 Å². The number of nitrogens with zero attached hydrogens (tertiary/aromatic N) is 3. The Labute approximate surface area is 161 Å². The Hall–Kier alpha value is -3.54. The van der Waals surface area contributed by atoms with Crippen LogP contribution in [0.15, 0.2) is 54.2 Å². The maximum atomic E-state index is 12.5. The molecule has 0 radical (unpaired) electrons. The molecule has 0 atom stereocenters. The molecule has 0 spiro atoms. The third kappa shape index (κ3) is 3.84. The summed E-state index contributed by atoms with van der Waals surface area (Å²) in [6.07, 6.45) is 3.29. The number of carbonyl (C=O) groups is 1. The Bertz CT molecular complexity index is 1150. The molecule has 0 aliphatic rings. The summed E-state index contributed by atoms with van der Waals surface area (Å²) in [5.74, 6) is -0.519. The number of nitriles is 2. The molecule has 5 nitrogen and oxygen atoms in total. The van der Waals surface area contributed by atoms with Crippen molar-refractivity contribution in [3.8, 4) is 12.1 Å². The van der Waals surface area contributed by atoms with Crippen molar-refractivity contribution in [1.29, 1.82) is 10.5 Å². The summed E-state index contributed by atoms with van der Waals surface area (Å²) in [5.41, 5.74) is 2.95. The van der Waals surface area contributed by atoms with E-state index >= 15 is 0 Å². The minimum Gasteiger partial charge on any atom is -0.333 e. The van der Waals surface area contributed by atoms with Gasteiger partial charge in [-0.1, -0.05) is 35.9 Å². The fourth-order valence-corrected chi connectivity index (χ4v) is 2.95. The van der Waals surface area contributed by atoms with Crippen molar-refractivity contribution in [2.24, 2.45) is 0 Å². The van der Waals surface area contributed by atoms with Crippen molar-refractivity contribution in [3.63, 3.8) is 0 Å². The van der Waals surface area contributed by atoms with Gasteiger partial charge in [-0.2, -0.15) is 10.5 Å². The van der Waals surface area contributed by atoms with Gasteiger partial charge in [0.15, 0.2) is 0 Å². The lowest BCUT2D eigenvalue weighted by Crippen LogP contribution is -2.13. The van der Waals surface area contributed by atoms with Crippen molar-refractivity contribution < 1.29 is 4.79 Å². The number of carbonyl (C=O) groups excluding carboxylic acids is 1. The second-order valence-electron chi connectivity index (χ2n) is 5.98. The second kappa shape index (κ2) is 7.78. The predicted octanol–water partition coefficient (Wildman–Crippen LogP) is 4.67. The number of nitrogens with one attached hydrogen (secondary N) is 1. The molecular weight excluding hydrogens is 360 g/mol. The number of amides is 1. The number of fused-ring (bicyclic) bond motifs is 1. The molecule has 0 unspecified atom stereocenters. The maximum Gasteiger partial charge on any atom is 0.266 e. The number of para-hydroxylation sites is 1. The molecule has 2 aromatic carbocycles. The maximum absolute atomic E-state index is 12.5. The van der Waals surface area contributed by atoms with Gasteiger partial charge in [-0.15, -0.1) is 0 Å². The first-order valence-corrected chi connectivity index (χ1v) is 8.55. The molecule has 1 heterocycles. The Balaban J connectivity index is 1.96. The summed E-state index contributed by atoms with van der Waals surface area (Å²) in [6, 6.07) is 16.8. The summed E-state index contributed by atoms with van der Waals surface area (Å²) in [5, 5.41) is 22.5. The highest BCUT2D eigenvalue weighted by molar-refractivity contribution is 6.31. The van der Waals surface area contributed by atoms with Gasteiger partial charge < -0.3 is 9.88 Å². The summed E-state index contributed by atoms with van der Waals surface area (Å²) < 4.78 is 1.79. The topological polar surface area (TPSA) is 81.6 Å². The van der Waals surface area contributed by atoms with Crippen molar-refractivity contribution in [1.82, 2.24) is 4.57 Å². The molecule has 6 heteroatoms. The molecule has 0 fully saturated rings. The van der Waals surface area contributed by atoms with Gasteiger partial charge in [0.05, 0.1) is 6.07 Å². The first-order valence-electron chi connectivity index (χ1n) is 8.17. The van der Waals surface area contributed by atoms with Gasteiger partial charge >= 0.3 is 0 Å². The van der Waals surface area contributed by atoms with E-state index in [1.807, 2.05) is 37.3 Å². The fourth-order valence-electron chi connectivity index (χ4n) is 2.77. The van der Waals surface area contributed by atoms with Crippen LogP contribution < -0.4 is 5.32 Å². The SMILES string of the molecule is Cc1ccc(NC(=O)/C(C#N)=C\c2cn(CC#N)c3ccccc23)cc1Cl. The third-order valence-electron chi connectivity index (χ3n) is 4.16. The van der Waals surface area contributed by atoms with Crippen LogP contribution in [-0.4, -0.2) is 10.5 Å². The number of aryl methyl sites for hydroxylation is 1. The number of aromatic nitrogens is 1. The van der Waals surface area contributed by atoms with Crippen LogP contribution in [-0.2, 0) is 11.3 Å². The van der Waals surface area contributed by atoms with Crippen molar-refractivity contribution >= 4 is 40.2 Å². The zero-order chi connectivity index (χ0) is 19.4. The monoisotopic (exact) mass is 374 g/mol. The number of halogens is 1. The lowest BCUT2D eigenvalue weighted by molar-refractivity contribution is -0.112. The zero-order valence-corrected chi connectivity index (χ0v) is 15.3. The van der Waals surface area contributed by atoms with E-state index in [9.17, 15) is 10.1 Å². The average molecular weight is 375 g/mol. The first kappa shape index (κ1) is 18.3. The number of hydrogen-bond donors (Lipinski definition) is 1. The van der Waals surface area contributed by atoms with Crippen LogP contribution in [0, 0.1) is 29.6 Å². The highest BCUT2D eigenvalue weighted by Crippen LogP contribution is 2.24. The van der Waals surface area contributed by atoms with Gasteiger partial charge in [-0.3, -0.25) is 4.79 Å². The molecule has 27 heavy (non-hydrogen) atoms. The Morgan fingerprint density at radius 1 is 1.26 bits per heavy atom. The minimum absolute atomic E-state index is 0.0356. The molecule has 1 aromatic heterocycles. The van der Waals surface area contributed by atoms with Crippen LogP contribution in [0.5, 0.6) is 0 Å². The molecule has 0 aliphatic heterocycles. The summed E-state index contributed by atoms with van der Waals surface area (Å²) in [4.78, 5) is 12.5. The quantitative estimate of drug-likeness (QED) is 0.532. The zero-order valence-electron chi connectivity index (χ0n) is 14.5. The molecule has 3 aromatic rings. The van der Waals surface area contributed by atoms with E-state index in [1.54, 1.807) is 29.0 Å². The van der Waals surface area contributed by atoms with E-state index in [-0.39, 0.29) is 12.1 Å². The third-order valence-corrected chi connectivity index (χ3v) is 4.56. The van der Waals surface area contributed by atoms with Gasteiger partial charge in [0.1, 0.15) is 18.2 Å². The predicted molar refractivity (Wildman–Crippen MR) is 106 cm³/mol. The van der Waals surface area contributed by atoms with E-state index < -0.39 is 5.91 Å². The smallest absolute Gasteiger partial charge is 0.266 e. The van der Waals surface area contributed by atoms with E-state index in [0.29, 0.717) is 16.3 Å². The molecule has 0 aliphatic carbocycles. The molecule has 1 N–H and O–H groups in total. The Kier molecular flexibility index (Phi) is 5.26. The van der Waals surface area contributed by atoms with Crippen LogP contribution in [0.4, 0.5) is 5.69 Å². The lowest BCUT2D eigenvalue weighted by Gasteiger charge is -2.06. The summed E-state index contributed by atoms with van der Waals surface area (Å²) >= 11 is 6.08. The molecule has 0 saturated heterocycles. The van der Waals surface area contributed by atoms with Gasteiger partial charge in [-0.05, 0) is 36.8 Å². The lowest BCUT2D eigenvalue weighted by atomic mass is 10.1. The first-order chi connectivity index (χ1) is 13.0. The molecule has 0 bridgehead atoms. The van der Waals surface area contributed by atoms with E-state index in [0.717, 1.165) is 16.5 Å². The summed E-state index contributed by atoms with van der Waals surface area (Å²) in [7, 11) is 0. The number of benzene rings is 2. The van der Waals surface area contributed by atoms with Gasteiger partial charge in [0.2, 0.25) is 0 Å². The van der Waals surface area contributed by atoms with Crippen LogP contribution in [0.1, 0.15) is 11.1 Å². The molecule has 3 rings (SSSR count). The van der Waals surface area contributed by atoms with E-state index in [1.165, 1.54) is 6.08 Å². The van der Waals surface area contributed by atoms with Crippen LogP contribution in [0.25, 0.3) is 17.0 Å².